The molecule has 0 atom stereocenters. The summed E-state index contributed by atoms with van der Waals surface area (Å²) in [5.41, 5.74) is 2.47. The molecule has 5 heteroatoms. The van der Waals surface area contributed by atoms with Gasteiger partial charge >= 0.3 is 0 Å². The summed E-state index contributed by atoms with van der Waals surface area (Å²) in [5.74, 6) is 0.0562. The Balaban J connectivity index is 2.19. The van der Waals surface area contributed by atoms with E-state index >= 15 is 0 Å². The molecule has 0 unspecified atom stereocenters. The van der Waals surface area contributed by atoms with E-state index in [1.807, 2.05) is 17.9 Å². The zero-order valence-corrected chi connectivity index (χ0v) is 13.2. The van der Waals surface area contributed by atoms with Gasteiger partial charge in [0.05, 0.1) is 17.9 Å². The lowest BCUT2D eigenvalue weighted by Crippen LogP contribution is -2.36. The Labute approximate surface area is 126 Å². The number of methoxy groups -OCH3 is 1. The van der Waals surface area contributed by atoms with Crippen molar-refractivity contribution in [2.24, 2.45) is 0 Å². The molecule has 0 bridgehead atoms. The van der Waals surface area contributed by atoms with Crippen molar-refractivity contribution in [3.8, 4) is 0 Å². The number of amides is 1. The van der Waals surface area contributed by atoms with Crippen LogP contribution in [0, 0.1) is 6.92 Å². The first-order chi connectivity index (χ1) is 10.2. The molecule has 1 aromatic heterocycles. The second kappa shape index (κ2) is 7.41. The van der Waals surface area contributed by atoms with Crippen LogP contribution < -0.4 is 5.32 Å². The Hall–Kier alpha value is -1.62. The highest BCUT2D eigenvalue weighted by molar-refractivity contribution is 5.99. The van der Waals surface area contributed by atoms with E-state index in [1.165, 1.54) is 0 Å². The van der Waals surface area contributed by atoms with Crippen molar-refractivity contribution in [1.82, 2.24) is 9.88 Å². The number of nitrogens with zero attached hydrogens (tertiary/aromatic N) is 2. The molecule has 21 heavy (non-hydrogen) atoms. The van der Waals surface area contributed by atoms with Crippen molar-refractivity contribution in [2.75, 3.05) is 32.1 Å². The third kappa shape index (κ3) is 4.17. The second-order valence-electron chi connectivity index (χ2n) is 5.52. The summed E-state index contributed by atoms with van der Waals surface area (Å²) >= 11 is 0. The number of nitrogens with one attached hydrogen (secondary N) is 1. The second-order valence-corrected chi connectivity index (χ2v) is 5.52. The number of aromatic nitrogens is 1. The van der Waals surface area contributed by atoms with Crippen LogP contribution >= 0.6 is 0 Å². The van der Waals surface area contributed by atoms with E-state index in [1.54, 1.807) is 13.3 Å². The highest BCUT2D eigenvalue weighted by atomic mass is 16.5. The first kappa shape index (κ1) is 15.8. The lowest BCUT2D eigenvalue weighted by Gasteiger charge is -2.23. The molecule has 1 aliphatic rings. The summed E-state index contributed by atoms with van der Waals surface area (Å²) in [5, 5.41) is 3.34. The number of aryl methyl sites for hydroxylation is 1. The average Bonchev–Trinajstić information content (AvgIpc) is 3.30. The van der Waals surface area contributed by atoms with Gasteiger partial charge in [-0.3, -0.25) is 9.78 Å². The highest BCUT2D eigenvalue weighted by Gasteiger charge is 2.33. The van der Waals surface area contributed by atoms with E-state index in [0.29, 0.717) is 24.8 Å². The maximum Gasteiger partial charge on any atom is 0.257 e. The summed E-state index contributed by atoms with van der Waals surface area (Å²) in [6, 6.07) is 2.32. The molecule has 1 aliphatic carbocycles. The minimum absolute atomic E-state index is 0.0562. The monoisotopic (exact) mass is 291 g/mol. The molecule has 0 spiro atoms. The molecular weight excluding hydrogens is 266 g/mol. The van der Waals surface area contributed by atoms with Gasteiger partial charge in [0.25, 0.3) is 5.91 Å². The number of pyridine rings is 1. The van der Waals surface area contributed by atoms with Gasteiger partial charge in [-0.15, -0.1) is 0 Å². The summed E-state index contributed by atoms with van der Waals surface area (Å²) in [4.78, 5) is 19.0. The van der Waals surface area contributed by atoms with E-state index in [0.717, 1.165) is 37.2 Å². The Morgan fingerprint density at radius 3 is 2.90 bits per heavy atom. The molecular formula is C16H25N3O2. The van der Waals surface area contributed by atoms with E-state index in [9.17, 15) is 4.79 Å². The predicted molar refractivity (Wildman–Crippen MR) is 83.7 cm³/mol. The first-order valence-corrected chi connectivity index (χ1v) is 7.67. The topological polar surface area (TPSA) is 54.5 Å². The zero-order valence-electron chi connectivity index (χ0n) is 13.2. The SMILES string of the molecule is CCCNc1cc(C)ncc1C(=O)N(CCOC)C1CC1. The molecule has 0 aliphatic heterocycles. The van der Waals surface area contributed by atoms with Gasteiger partial charge in [0.15, 0.2) is 0 Å². The molecule has 1 saturated carbocycles. The number of rotatable bonds is 8. The Morgan fingerprint density at radius 1 is 1.52 bits per heavy atom. The molecule has 1 fully saturated rings. The largest absolute Gasteiger partial charge is 0.384 e. The Kier molecular flexibility index (Phi) is 5.56. The van der Waals surface area contributed by atoms with Gasteiger partial charge in [0.2, 0.25) is 0 Å². The summed E-state index contributed by atoms with van der Waals surface area (Å²) in [7, 11) is 1.66. The minimum atomic E-state index is 0.0562. The van der Waals surface area contributed by atoms with Gasteiger partial charge in [0, 0.05) is 38.1 Å². The molecule has 0 radical (unpaired) electrons. The minimum Gasteiger partial charge on any atom is -0.384 e. The molecule has 5 nitrogen and oxygen atoms in total. The van der Waals surface area contributed by atoms with Crippen molar-refractivity contribution < 1.29 is 9.53 Å². The van der Waals surface area contributed by atoms with E-state index in [2.05, 4.69) is 17.2 Å². The number of carbonyl (C=O) groups excluding carboxylic acids is 1. The third-order valence-corrected chi connectivity index (χ3v) is 3.62. The fourth-order valence-corrected chi connectivity index (χ4v) is 2.32. The molecule has 116 valence electrons. The van der Waals surface area contributed by atoms with Crippen LogP contribution in [0.15, 0.2) is 12.3 Å². The lowest BCUT2D eigenvalue weighted by atomic mass is 10.1. The molecule has 1 aromatic rings. The molecule has 1 heterocycles. The zero-order chi connectivity index (χ0) is 15.2. The van der Waals surface area contributed by atoms with Gasteiger partial charge in [-0.25, -0.2) is 0 Å². The average molecular weight is 291 g/mol. The number of anilines is 1. The molecule has 0 aromatic carbocycles. The van der Waals surface area contributed by atoms with Crippen molar-refractivity contribution in [3.63, 3.8) is 0 Å². The van der Waals surface area contributed by atoms with Crippen LogP contribution in [0.2, 0.25) is 0 Å². The number of hydrogen-bond donors (Lipinski definition) is 1. The summed E-state index contributed by atoms with van der Waals surface area (Å²) in [6.07, 6.45) is 4.89. The van der Waals surface area contributed by atoms with Crippen LogP contribution in [0.4, 0.5) is 5.69 Å². The van der Waals surface area contributed by atoms with Crippen LogP contribution in [-0.2, 0) is 4.74 Å². The molecule has 0 saturated heterocycles. The fraction of sp³-hybridized carbons (Fsp3) is 0.625. The van der Waals surface area contributed by atoms with Gasteiger partial charge < -0.3 is 15.0 Å². The quantitative estimate of drug-likeness (QED) is 0.799. The van der Waals surface area contributed by atoms with Gasteiger partial charge in [0.1, 0.15) is 0 Å². The number of ether oxygens (including phenoxy) is 1. The first-order valence-electron chi connectivity index (χ1n) is 7.67. The van der Waals surface area contributed by atoms with Crippen LogP contribution in [0.1, 0.15) is 42.2 Å². The van der Waals surface area contributed by atoms with E-state index in [-0.39, 0.29) is 5.91 Å². The van der Waals surface area contributed by atoms with Crippen molar-refractivity contribution in [1.29, 1.82) is 0 Å². The Morgan fingerprint density at radius 2 is 2.29 bits per heavy atom. The van der Waals surface area contributed by atoms with Crippen molar-refractivity contribution in [2.45, 2.75) is 39.2 Å². The highest BCUT2D eigenvalue weighted by Crippen LogP contribution is 2.29. The lowest BCUT2D eigenvalue weighted by molar-refractivity contribution is 0.0680. The maximum absolute atomic E-state index is 12.8. The summed E-state index contributed by atoms with van der Waals surface area (Å²) < 4.78 is 5.13. The predicted octanol–water partition coefficient (Wildman–Crippen LogP) is 2.46. The molecule has 2 rings (SSSR count). The van der Waals surface area contributed by atoms with E-state index < -0.39 is 0 Å². The summed E-state index contributed by atoms with van der Waals surface area (Å²) in [6.45, 7) is 6.11. The number of carbonyl (C=O) groups is 1. The van der Waals surface area contributed by atoms with Crippen LogP contribution in [-0.4, -0.2) is 48.6 Å². The third-order valence-electron chi connectivity index (χ3n) is 3.62. The van der Waals surface area contributed by atoms with Gasteiger partial charge in [-0.1, -0.05) is 6.92 Å². The van der Waals surface area contributed by atoms with Gasteiger partial charge in [-0.2, -0.15) is 0 Å². The number of hydrogen-bond acceptors (Lipinski definition) is 4. The Bertz CT molecular complexity index is 486. The normalized spacial score (nSPS) is 14.0. The van der Waals surface area contributed by atoms with E-state index in [4.69, 9.17) is 4.74 Å². The standard InChI is InChI=1S/C16H25N3O2/c1-4-7-17-15-10-12(2)18-11-14(15)16(20)19(8-9-21-3)13-5-6-13/h10-11,13H,4-9H2,1-3H3,(H,17,18). The maximum atomic E-state index is 12.8. The van der Waals surface area contributed by atoms with Crippen LogP contribution in [0.3, 0.4) is 0 Å². The smallest absolute Gasteiger partial charge is 0.257 e. The van der Waals surface area contributed by atoms with Crippen molar-refractivity contribution in [3.05, 3.63) is 23.5 Å². The van der Waals surface area contributed by atoms with Crippen LogP contribution in [0.25, 0.3) is 0 Å². The fourth-order valence-electron chi connectivity index (χ4n) is 2.32. The van der Waals surface area contributed by atoms with Crippen molar-refractivity contribution >= 4 is 11.6 Å². The van der Waals surface area contributed by atoms with Crippen LogP contribution in [0.5, 0.6) is 0 Å². The van der Waals surface area contributed by atoms with Gasteiger partial charge in [-0.05, 0) is 32.3 Å². The molecule has 1 N–H and O–H groups in total. The molecule has 1 amide bonds.